The van der Waals surface area contributed by atoms with Gasteiger partial charge in [-0.05, 0) is 17.7 Å². The summed E-state index contributed by atoms with van der Waals surface area (Å²) in [5.41, 5.74) is 7.63. The molecule has 2 rings (SSSR count). The Morgan fingerprint density at radius 3 is 2.41 bits per heavy atom. The van der Waals surface area contributed by atoms with Crippen molar-refractivity contribution in [3.63, 3.8) is 0 Å². The number of nitrogens with two attached hydrogens (primary N) is 1. The molecule has 22 heavy (non-hydrogen) atoms. The Kier molecular flexibility index (Phi) is 6.33. The van der Waals surface area contributed by atoms with Crippen molar-refractivity contribution < 1.29 is 14.6 Å². The van der Waals surface area contributed by atoms with Crippen LogP contribution in [0.5, 0.6) is 0 Å². The molecule has 0 radical (unpaired) electrons. The fourth-order valence-electron chi connectivity index (χ4n) is 2.90. The first kappa shape index (κ1) is 16.9. The number of aliphatic hydroxyl groups is 1. The average molecular weight is 307 g/mol. The highest BCUT2D eigenvalue weighted by Crippen LogP contribution is 2.22. The van der Waals surface area contributed by atoms with E-state index in [1.54, 1.807) is 12.1 Å². The number of ether oxygens (including phenoxy) is 1. The Labute approximate surface area is 131 Å². The summed E-state index contributed by atoms with van der Waals surface area (Å²) in [5, 5.41) is 9.00. The standard InChI is InChI=1S/C16H25N3O3/c1-22-16(21)14-4-2-13(3-5-14)15(12-17)19-8-6-18(7-9-19)10-11-20/h2-5,15,20H,6-12,17H2,1H3. The van der Waals surface area contributed by atoms with Gasteiger partial charge in [0.25, 0.3) is 0 Å². The van der Waals surface area contributed by atoms with Gasteiger partial charge in [0.05, 0.1) is 19.3 Å². The molecular weight excluding hydrogens is 282 g/mol. The molecule has 3 N–H and O–H groups in total. The fourth-order valence-corrected chi connectivity index (χ4v) is 2.90. The van der Waals surface area contributed by atoms with Gasteiger partial charge in [-0.3, -0.25) is 9.80 Å². The number of piperazine rings is 1. The van der Waals surface area contributed by atoms with E-state index in [1.165, 1.54) is 7.11 Å². The second kappa shape index (κ2) is 8.24. The number of hydrogen-bond donors (Lipinski definition) is 2. The number of esters is 1. The molecule has 0 saturated carbocycles. The quantitative estimate of drug-likeness (QED) is 0.725. The van der Waals surface area contributed by atoms with Gasteiger partial charge in [-0.15, -0.1) is 0 Å². The van der Waals surface area contributed by atoms with Gasteiger partial charge in [0.1, 0.15) is 0 Å². The predicted molar refractivity (Wildman–Crippen MR) is 84.7 cm³/mol. The number of β-amino-alcohol motifs (C(OH)–C–C–N with tert-alkyl or cyclic N) is 1. The van der Waals surface area contributed by atoms with Crippen molar-refractivity contribution in [3.8, 4) is 0 Å². The van der Waals surface area contributed by atoms with Crippen LogP contribution in [0.3, 0.4) is 0 Å². The van der Waals surface area contributed by atoms with E-state index in [-0.39, 0.29) is 18.6 Å². The summed E-state index contributed by atoms with van der Waals surface area (Å²) in [4.78, 5) is 16.1. The molecule has 1 saturated heterocycles. The number of hydrogen-bond acceptors (Lipinski definition) is 6. The van der Waals surface area contributed by atoms with Crippen LogP contribution in [-0.2, 0) is 4.74 Å². The third-order valence-electron chi connectivity index (χ3n) is 4.20. The van der Waals surface area contributed by atoms with Gasteiger partial charge in [0.2, 0.25) is 0 Å². The maximum atomic E-state index is 11.5. The summed E-state index contributed by atoms with van der Waals surface area (Å²) in [6.45, 7) is 5.22. The Morgan fingerprint density at radius 1 is 1.27 bits per heavy atom. The van der Waals surface area contributed by atoms with E-state index in [0.717, 1.165) is 38.3 Å². The first-order valence-corrected chi connectivity index (χ1v) is 7.65. The van der Waals surface area contributed by atoms with Gasteiger partial charge in [-0.25, -0.2) is 4.79 Å². The number of benzene rings is 1. The third-order valence-corrected chi connectivity index (χ3v) is 4.20. The van der Waals surface area contributed by atoms with Crippen LogP contribution < -0.4 is 5.73 Å². The molecule has 1 aromatic carbocycles. The minimum absolute atomic E-state index is 0.156. The molecule has 1 unspecified atom stereocenters. The lowest BCUT2D eigenvalue weighted by atomic mass is 10.0. The first-order chi connectivity index (χ1) is 10.7. The molecule has 0 aliphatic carbocycles. The van der Waals surface area contributed by atoms with E-state index in [9.17, 15) is 4.79 Å². The van der Waals surface area contributed by atoms with E-state index < -0.39 is 0 Å². The van der Waals surface area contributed by atoms with Crippen LogP contribution in [0.25, 0.3) is 0 Å². The molecule has 0 bridgehead atoms. The molecule has 1 aliphatic rings. The van der Waals surface area contributed by atoms with Crippen LogP contribution >= 0.6 is 0 Å². The number of carbonyl (C=O) groups excluding carboxylic acids is 1. The van der Waals surface area contributed by atoms with Gasteiger partial charge in [-0.1, -0.05) is 12.1 Å². The molecule has 122 valence electrons. The maximum Gasteiger partial charge on any atom is 0.337 e. The van der Waals surface area contributed by atoms with E-state index >= 15 is 0 Å². The SMILES string of the molecule is COC(=O)c1ccc(C(CN)N2CCN(CCO)CC2)cc1. The van der Waals surface area contributed by atoms with Crippen molar-refractivity contribution in [2.24, 2.45) is 5.73 Å². The number of rotatable bonds is 6. The van der Waals surface area contributed by atoms with Crippen molar-refractivity contribution in [1.29, 1.82) is 0 Å². The molecule has 1 fully saturated rings. The van der Waals surface area contributed by atoms with Crippen LogP contribution in [0.1, 0.15) is 22.0 Å². The topological polar surface area (TPSA) is 79.0 Å². The highest BCUT2D eigenvalue weighted by Gasteiger charge is 2.24. The van der Waals surface area contributed by atoms with Crippen LogP contribution in [0.15, 0.2) is 24.3 Å². The Balaban J connectivity index is 2.01. The minimum atomic E-state index is -0.325. The molecule has 1 heterocycles. The van der Waals surface area contributed by atoms with Gasteiger partial charge < -0.3 is 15.6 Å². The number of aliphatic hydroxyl groups excluding tert-OH is 1. The lowest BCUT2D eigenvalue weighted by molar-refractivity contribution is 0.0600. The normalized spacial score (nSPS) is 18.1. The zero-order valence-electron chi connectivity index (χ0n) is 13.1. The zero-order chi connectivity index (χ0) is 15.9. The fraction of sp³-hybridized carbons (Fsp3) is 0.562. The summed E-state index contributed by atoms with van der Waals surface area (Å²) in [6, 6.07) is 7.62. The minimum Gasteiger partial charge on any atom is -0.465 e. The molecule has 0 spiro atoms. The summed E-state index contributed by atoms with van der Waals surface area (Å²) in [7, 11) is 1.38. The van der Waals surface area contributed by atoms with Crippen LogP contribution in [0.4, 0.5) is 0 Å². The van der Waals surface area contributed by atoms with Crippen molar-refractivity contribution in [3.05, 3.63) is 35.4 Å². The van der Waals surface area contributed by atoms with Gasteiger partial charge >= 0.3 is 5.97 Å². The molecule has 1 atom stereocenters. The first-order valence-electron chi connectivity index (χ1n) is 7.65. The van der Waals surface area contributed by atoms with Crippen LogP contribution in [-0.4, -0.2) is 73.9 Å². The Morgan fingerprint density at radius 2 is 1.91 bits per heavy atom. The smallest absolute Gasteiger partial charge is 0.337 e. The Bertz CT molecular complexity index is 470. The molecule has 0 amide bonds. The zero-order valence-corrected chi connectivity index (χ0v) is 13.1. The van der Waals surface area contributed by atoms with Crippen molar-refractivity contribution >= 4 is 5.97 Å². The number of carbonyl (C=O) groups is 1. The molecule has 1 aliphatic heterocycles. The summed E-state index contributed by atoms with van der Waals surface area (Å²) in [6.07, 6.45) is 0. The van der Waals surface area contributed by atoms with Gasteiger partial charge in [0, 0.05) is 45.3 Å². The summed E-state index contributed by atoms with van der Waals surface area (Å²) < 4.78 is 4.71. The van der Waals surface area contributed by atoms with E-state index in [1.807, 2.05) is 12.1 Å². The lowest BCUT2D eigenvalue weighted by Gasteiger charge is -2.39. The highest BCUT2D eigenvalue weighted by molar-refractivity contribution is 5.89. The second-order valence-corrected chi connectivity index (χ2v) is 5.47. The summed E-state index contributed by atoms with van der Waals surface area (Å²) >= 11 is 0. The largest absolute Gasteiger partial charge is 0.465 e. The van der Waals surface area contributed by atoms with Gasteiger partial charge in [0.15, 0.2) is 0 Å². The average Bonchev–Trinajstić information content (AvgIpc) is 2.57. The molecule has 1 aromatic rings. The van der Waals surface area contributed by atoms with E-state index in [2.05, 4.69) is 9.80 Å². The molecule has 6 heteroatoms. The third kappa shape index (κ3) is 4.04. The van der Waals surface area contributed by atoms with Crippen LogP contribution in [0.2, 0.25) is 0 Å². The maximum absolute atomic E-state index is 11.5. The second-order valence-electron chi connectivity index (χ2n) is 5.47. The highest BCUT2D eigenvalue weighted by atomic mass is 16.5. The van der Waals surface area contributed by atoms with E-state index in [4.69, 9.17) is 15.6 Å². The van der Waals surface area contributed by atoms with Crippen molar-refractivity contribution in [1.82, 2.24) is 9.80 Å². The van der Waals surface area contributed by atoms with Crippen molar-refractivity contribution in [2.45, 2.75) is 6.04 Å². The predicted octanol–water partition coefficient (Wildman–Crippen LogP) is 0.0829. The number of methoxy groups -OCH3 is 1. The lowest BCUT2D eigenvalue weighted by Crippen LogP contribution is -2.49. The molecule has 0 aromatic heterocycles. The van der Waals surface area contributed by atoms with Crippen LogP contribution in [0, 0.1) is 0 Å². The monoisotopic (exact) mass is 307 g/mol. The van der Waals surface area contributed by atoms with Crippen molar-refractivity contribution in [2.75, 3.05) is 53.0 Å². The van der Waals surface area contributed by atoms with E-state index in [0.29, 0.717) is 12.1 Å². The number of nitrogens with zero attached hydrogens (tertiary/aromatic N) is 2. The Hall–Kier alpha value is -1.47. The summed E-state index contributed by atoms with van der Waals surface area (Å²) in [5.74, 6) is -0.325. The van der Waals surface area contributed by atoms with Gasteiger partial charge in [-0.2, -0.15) is 0 Å². The molecule has 6 nitrogen and oxygen atoms in total. The molecular formula is C16H25N3O3.